The maximum atomic E-state index is 13.8. The van der Waals surface area contributed by atoms with Crippen LogP contribution in [0.15, 0.2) is 23.1 Å². The van der Waals surface area contributed by atoms with Crippen LogP contribution in [0.4, 0.5) is 15.8 Å². The molecule has 1 aromatic carbocycles. The standard InChI is InChI=1S/C18H16FN5O2/c1-7-11(8(2)25)6-23-17-13(15(22)18(26)24-16(7)17)9-3-4-12(19)14(21)10(9)5-20/h3-6,20H,21-22H2,1-2H3,(H,24,26). The number of ketones is 1. The summed E-state index contributed by atoms with van der Waals surface area (Å²) in [5.74, 6) is -0.870. The van der Waals surface area contributed by atoms with Gasteiger partial charge in [-0.3, -0.25) is 14.6 Å². The number of benzene rings is 1. The van der Waals surface area contributed by atoms with Gasteiger partial charge in [0.05, 0.1) is 16.7 Å². The fourth-order valence-corrected chi connectivity index (χ4v) is 2.98. The van der Waals surface area contributed by atoms with Gasteiger partial charge in [0, 0.05) is 29.1 Å². The number of carbonyl (C=O) groups is 1. The number of nitrogens with one attached hydrogen (secondary N) is 2. The van der Waals surface area contributed by atoms with Crippen molar-refractivity contribution < 1.29 is 9.18 Å². The number of nitrogens with two attached hydrogens (primary N) is 2. The molecule has 0 saturated carbocycles. The zero-order chi connectivity index (χ0) is 19.2. The van der Waals surface area contributed by atoms with E-state index in [-0.39, 0.29) is 28.3 Å². The number of hydrogen-bond acceptors (Lipinski definition) is 6. The number of aromatic amines is 1. The normalized spacial score (nSPS) is 10.9. The van der Waals surface area contributed by atoms with Crippen molar-refractivity contribution in [3.8, 4) is 11.1 Å². The van der Waals surface area contributed by atoms with Crippen molar-refractivity contribution in [3.63, 3.8) is 0 Å². The van der Waals surface area contributed by atoms with Crippen molar-refractivity contribution in [2.45, 2.75) is 13.8 Å². The summed E-state index contributed by atoms with van der Waals surface area (Å²) < 4.78 is 13.8. The van der Waals surface area contributed by atoms with Gasteiger partial charge in [-0.05, 0) is 31.0 Å². The lowest BCUT2D eigenvalue weighted by Gasteiger charge is -2.15. The van der Waals surface area contributed by atoms with Crippen LogP contribution in [0.2, 0.25) is 0 Å². The third-order valence-corrected chi connectivity index (χ3v) is 4.35. The molecule has 0 aliphatic rings. The Balaban J connectivity index is 2.52. The minimum absolute atomic E-state index is 0.0960. The van der Waals surface area contributed by atoms with E-state index < -0.39 is 11.4 Å². The third-order valence-electron chi connectivity index (χ3n) is 4.35. The summed E-state index contributed by atoms with van der Waals surface area (Å²) >= 11 is 0. The maximum absolute atomic E-state index is 13.8. The Hall–Kier alpha value is -3.55. The Morgan fingerprint density at radius 2 is 2.00 bits per heavy atom. The summed E-state index contributed by atoms with van der Waals surface area (Å²) in [4.78, 5) is 31.0. The molecule has 0 aliphatic heterocycles. The van der Waals surface area contributed by atoms with Crippen LogP contribution < -0.4 is 17.0 Å². The molecule has 2 aromatic heterocycles. The van der Waals surface area contributed by atoms with E-state index in [0.29, 0.717) is 27.7 Å². The molecule has 132 valence electrons. The fraction of sp³-hybridized carbons (Fsp3) is 0.111. The van der Waals surface area contributed by atoms with Crippen molar-refractivity contribution in [1.29, 1.82) is 5.41 Å². The van der Waals surface area contributed by atoms with Crippen LogP contribution in [0, 0.1) is 18.2 Å². The smallest absolute Gasteiger partial charge is 0.272 e. The van der Waals surface area contributed by atoms with Gasteiger partial charge in [0.25, 0.3) is 5.56 Å². The van der Waals surface area contributed by atoms with Crippen LogP contribution in [-0.4, -0.2) is 22.0 Å². The fourth-order valence-electron chi connectivity index (χ4n) is 2.98. The van der Waals surface area contributed by atoms with E-state index in [4.69, 9.17) is 16.9 Å². The molecule has 26 heavy (non-hydrogen) atoms. The van der Waals surface area contributed by atoms with E-state index in [1.807, 2.05) is 0 Å². The van der Waals surface area contributed by atoms with Crippen LogP contribution in [0.3, 0.4) is 0 Å². The highest BCUT2D eigenvalue weighted by molar-refractivity contribution is 6.07. The summed E-state index contributed by atoms with van der Waals surface area (Å²) in [5, 5.41) is 7.57. The van der Waals surface area contributed by atoms with Crippen LogP contribution >= 0.6 is 0 Å². The summed E-state index contributed by atoms with van der Waals surface area (Å²) in [5.41, 5.74) is 13.1. The predicted octanol–water partition coefficient (Wildman–Crippen LogP) is 2.40. The second kappa shape index (κ2) is 6.07. The lowest BCUT2D eigenvalue weighted by molar-refractivity contribution is 0.101. The number of Topliss-reactive ketones (excluding diaryl/α,β-unsaturated/α-hetero) is 1. The number of anilines is 2. The summed E-state index contributed by atoms with van der Waals surface area (Å²) in [6.45, 7) is 3.09. The molecular weight excluding hydrogens is 337 g/mol. The molecule has 8 heteroatoms. The minimum Gasteiger partial charge on any atom is -0.396 e. The first-order chi connectivity index (χ1) is 12.3. The van der Waals surface area contributed by atoms with E-state index in [1.54, 1.807) is 6.92 Å². The molecule has 0 atom stereocenters. The number of aromatic nitrogens is 2. The van der Waals surface area contributed by atoms with Gasteiger partial charge in [-0.2, -0.15) is 0 Å². The molecule has 6 N–H and O–H groups in total. The second-order valence-corrected chi connectivity index (χ2v) is 5.89. The minimum atomic E-state index is -0.678. The summed E-state index contributed by atoms with van der Waals surface area (Å²) in [6.07, 6.45) is 2.30. The van der Waals surface area contributed by atoms with E-state index in [1.165, 1.54) is 19.2 Å². The molecule has 3 aromatic rings. The molecule has 0 saturated heterocycles. The molecule has 7 nitrogen and oxygen atoms in total. The highest BCUT2D eigenvalue weighted by atomic mass is 19.1. The quantitative estimate of drug-likeness (QED) is 0.325. The average molecular weight is 353 g/mol. The van der Waals surface area contributed by atoms with E-state index >= 15 is 0 Å². The van der Waals surface area contributed by atoms with Crippen LogP contribution in [0.25, 0.3) is 22.2 Å². The van der Waals surface area contributed by atoms with E-state index in [9.17, 15) is 14.0 Å². The molecule has 0 unspecified atom stereocenters. The number of nitrogens with zero attached hydrogens (tertiary/aromatic N) is 1. The van der Waals surface area contributed by atoms with Gasteiger partial charge in [0.1, 0.15) is 11.5 Å². The van der Waals surface area contributed by atoms with Crippen molar-refractivity contribution >= 4 is 34.4 Å². The number of hydrogen-bond donors (Lipinski definition) is 4. The topological polar surface area (TPSA) is 139 Å². The Morgan fingerprint density at radius 3 is 2.62 bits per heavy atom. The molecule has 0 aliphatic carbocycles. The summed E-state index contributed by atoms with van der Waals surface area (Å²) in [6, 6.07) is 2.54. The number of H-pyrrole nitrogens is 1. The highest BCUT2D eigenvalue weighted by Gasteiger charge is 2.20. The monoisotopic (exact) mass is 353 g/mol. The third kappa shape index (κ3) is 2.43. The summed E-state index contributed by atoms with van der Waals surface area (Å²) in [7, 11) is 0. The Morgan fingerprint density at radius 1 is 1.31 bits per heavy atom. The zero-order valence-electron chi connectivity index (χ0n) is 14.1. The number of pyridine rings is 2. The molecule has 3 rings (SSSR count). The van der Waals surface area contributed by atoms with Gasteiger partial charge in [-0.15, -0.1) is 0 Å². The van der Waals surface area contributed by atoms with Gasteiger partial charge in [0.2, 0.25) is 0 Å². The van der Waals surface area contributed by atoms with E-state index in [0.717, 1.165) is 12.3 Å². The van der Waals surface area contributed by atoms with Gasteiger partial charge in [-0.25, -0.2) is 4.39 Å². The Kier molecular flexibility index (Phi) is 4.03. The number of aryl methyl sites for hydroxylation is 1. The Bertz CT molecular complexity index is 1150. The SMILES string of the molecule is CC(=O)c1cnc2c(-c3ccc(F)c(N)c3C=N)c(N)c(=O)[nH]c2c1C. The molecule has 0 radical (unpaired) electrons. The van der Waals surface area contributed by atoms with E-state index in [2.05, 4.69) is 9.97 Å². The number of halogens is 1. The zero-order valence-corrected chi connectivity index (χ0v) is 14.1. The van der Waals surface area contributed by atoms with Crippen molar-refractivity contribution in [2.75, 3.05) is 11.5 Å². The maximum Gasteiger partial charge on any atom is 0.272 e. The van der Waals surface area contributed by atoms with Gasteiger partial charge >= 0.3 is 0 Å². The van der Waals surface area contributed by atoms with Crippen molar-refractivity contribution in [2.24, 2.45) is 0 Å². The first kappa shape index (κ1) is 17.3. The molecule has 0 fully saturated rings. The number of rotatable bonds is 3. The average Bonchev–Trinajstić information content (AvgIpc) is 2.59. The number of fused-ring (bicyclic) bond motifs is 1. The number of nitrogen functional groups attached to an aromatic ring is 2. The van der Waals surface area contributed by atoms with Gasteiger partial charge in [-0.1, -0.05) is 6.07 Å². The second-order valence-electron chi connectivity index (χ2n) is 5.89. The molecule has 2 heterocycles. The number of carbonyl (C=O) groups excluding carboxylic acids is 1. The molecule has 0 amide bonds. The highest BCUT2D eigenvalue weighted by Crippen LogP contribution is 2.35. The van der Waals surface area contributed by atoms with Gasteiger partial charge in [0.15, 0.2) is 5.78 Å². The van der Waals surface area contributed by atoms with Gasteiger partial charge < -0.3 is 21.9 Å². The lowest BCUT2D eigenvalue weighted by atomic mass is 9.95. The largest absolute Gasteiger partial charge is 0.396 e. The molecule has 0 spiro atoms. The Labute approximate surface area is 147 Å². The predicted molar refractivity (Wildman–Crippen MR) is 99.2 cm³/mol. The first-order valence-electron chi connectivity index (χ1n) is 7.68. The first-order valence-corrected chi connectivity index (χ1v) is 7.68. The van der Waals surface area contributed by atoms with Crippen LogP contribution in [0.5, 0.6) is 0 Å². The van der Waals surface area contributed by atoms with Crippen LogP contribution in [0.1, 0.15) is 28.4 Å². The van der Waals surface area contributed by atoms with Crippen molar-refractivity contribution in [1.82, 2.24) is 9.97 Å². The molecular formula is C18H16FN5O2. The van der Waals surface area contributed by atoms with Crippen molar-refractivity contribution in [3.05, 3.63) is 51.2 Å². The van der Waals surface area contributed by atoms with Crippen LogP contribution in [-0.2, 0) is 0 Å². The molecule has 0 bridgehead atoms. The lowest BCUT2D eigenvalue weighted by Crippen LogP contribution is -2.16.